The monoisotopic (exact) mass is 265 g/mol. The van der Waals surface area contributed by atoms with Gasteiger partial charge in [0.1, 0.15) is 11.7 Å². The first-order chi connectivity index (χ1) is 8.88. The first-order valence-corrected chi connectivity index (χ1v) is 6.70. The van der Waals surface area contributed by atoms with Crippen LogP contribution in [0.15, 0.2) is 11.0 Å². The van der Waals surface area contributed by atoms with Crippen molar-refractivity contribution in [3.8, 4) is 0 Å². The average molecular weight is 265 g/mol. The molecule has 19 heavy (non-hydrogen) atoms. The van der Waals surface area contributed by atoms with Crippen molar-refractivity contribution >= 4 is 5.97 Å². The van der Waals surface area contributed by atoms with E-state index in [1.165, 1.54) is 0 Å². The number of carbonyl (C=O) groups excluding carboxylic acids is 1. The van der Waals surface area contributed by atoms with E-state index in [0.717, 1.165) is 25.1 Å². The highest BCUT2D eigenvalue weighted by molar-refractivity contribution is 5.88. The van der Waals surface area contributed by atoms with Crippen LogP contribution in [-0.4, -0.2) is 17.1 Å². The third-order valence-corrected chi connectivity index (χ3v) is 3.71. The summed E-state index contributed by atoms with van der Waals surface area (Å²) in [5.41, 5.74) is -0.385. The van der Waals surface area contributed by atoms with Crippen molar-refractivity contribution in [3.05, 3.63) is 27.9 Å². The number of hydrogen-bond donors (Lipinski definition) is 0. The van der Waals surface area contributed by atoms with Crippen LogP contribution < -0.4 is 10.1 Å². The van der Waals surface area contributed by atoms with Crippen molar-refractivity contribution in [2.75, 3.05) is 6.61 Å². The third-order valence-electron chi connectivity index (χ3n) is 3.71. The van der Waals surface area contributed by atoms with Gasteiger partial charge in [-0.05, 0) is 33.6 Å². The number of nitrogens with zero attached hydrogens (tertiary/aromatic N) is 2. The molecule has 1 aromatic rings. The lowest BCUT2D eigenvalue weighted by molar-refractivity contribution is -0.685. The standard InChI is InChI=1S/C14H21N2O3/c1-5-19-13(18)10-9-15(4)11-7-6-8-14(2,3)16(11)12(10)17/h9H,5-8H2,1-4H3/q+1. The molecule has 0 aromatic carbocycles. The summed E-state index contributed by atoms with van der Waals surface area (Å²) in [6.45, 7) is 6.07. The summed E-state index contributed by atoms with van der Waals surface area (Å²) in [6, 6.07) is 0. The van der Waals surface area contributed by atoms with Gasteiger partial charge >= 0.3 is 11.5 Å². The number of carbonyl (C=O) groups is 1. The zero-order chi connectivity index (χ0) is 14.2. The van der Waals surface area contributed by atoms with Gasteiger partial charge in [0.25, 0.3) is 5.82 Å². The third kappa shape index (κ3) is 2.29. The molecule has 104 valence electrons. The molecule has 0 N–H and O–H groups in total. The molecule has 5 nitrogen and oxygen atoms in total. The van der Waals surface area contributed by atoms with Gasteiger partial charge in [-0.15, -0.1) is 0 Å². The maximum absolute atomic E-state index is 12.5. The molecule has 0 amide bonds. The number of ether oxygens (including phenoxy) is 1. The maximum atomic E-state index is 12.5. The van der Waals surface area contributed by atoms with Crippen LogP contribution >= 0.6 is 0 Å². The quantitative estimate of drug-likeness (QED) is 0.590. The van der Waals surface area contributed by atoms with Crippen LogP contribution in [0, 0.1) is 0 Å². The smallest absolute Gasteiger partial charge is 0.352 e. The second-order valence-electron chi connectivity index (χ2n) is 5.60. The molecule has 0 fully saturated rings. The zero-order valence-corrected chi connectivity index (χ0v) is 12.0. The van der Waals surface area contributed by atoms with E-state index < -0.39 is 5.97 Å². The molecular weight excluding hydrogens is 244 g/mol. The Kier molecular flexibility index (Phi) is 3.47. The number of aromatic nitrogens is 2. The predicted molar refractivity (Wildman–Crippen MR) is 70.1 cm³/mol. The molecule has 5 heteroatoms. The van der Waals surface area contributed by atoms with Crippen LogP contribution in [0.25, 0.3) is 0 Å². The van der Waals surface area contributed by atoms with Crippen LogP contribution in [0.1, 0.15) is 49.8 Å². The summed E-state index contributed by atoms with van der Waals surface area (Å²) in [6.07, 6.45) is 4.44. The van der Waals surface area contributed by atoms with Crippen LogP contribution in [0.4, 0.5) is 0 Å². The Morgan fingerprint density at radius 3 is 2.84 bits per heavy atom. The molecule has 0 atom stereocenters. The number of aryl methyl sites for hydroxylation is 1. The van der Waals surface area contributed by atoms with Crippen molar-refractivity contribution in [3.63, 3.8) is 0 Å². The Morgan fingerprint density at radius 2 is 2.21 bits per heavy atom. The summed E-state index contributed by atoms with van der Waals surface area (Å²) in [7, 11) is 1.87. The molecule has 0 spiro atoms. The summed E-state index contributed by atoms with van der Waals surface area (Å²) in [4.78, 5) is 24.4. The topological polar surface area (TPSA) is 52.2 Å². The summed E-state index contributed by atoms with van der Waals surface area (Å²) in [5.74, 6) is 0.425. The molecule has 0 saturated heterocycles. The molecule has 2 heterocycles. The Labute approximate surface area is 112 Å². The minimum atomic E-state index is -0.542. The van der Waals surface area contributed by atoms with Crippen molar-refractivity contribution in [1.82, 2.24) is 4.57 Å². The molecule has 1 aliphatic rings. The highest BCUT2D eigenvalue weighted by atomic mass is 16.5. The van der Waals surface area contributed by atoms with E-state index in [1.54, 1.807) is 17.7 Å². The SMILES string of the molecule is CCOC(=O)c1c[n+](C)c2n(c1=O)C(C)(C)CCC2. The number of hydrogen-bond acceptors (Lipinski definition) is 3. The molecule has 1 aliphatic heterocycles. The van der Waals surface area contributed by atoms with Gasteiger partial charge in [-0.25, -0.2) is 14.2 Å². The Bertz CT molecular complexity index is 573. The number of rotatable bonds is 2. The minimum absolute atomic E-state index is 0.114. The number of fused-ring (bicyclic) bond motifs is 1. The summed E-state index contributed by atoms with van der Waals surface area (Å²) < 4.78 is 8.58. The lowest BCUT2D eigenvalue weighted by Crippen LogP contribution is -2.52. The Morgan fingerprint density at radius 1 is 1.53 bits per heavy atom. The number of esters is 1. The van der Waals surface area contributed by atoms with Crippen LogP contribution in [0.3, 0.4) is 0 Å². The van der Waals surface area contributed by atoms with Crippen molar-refractivity contribution < 1.29 is 14.1 Å². The van der Waals surface area contributed by atoms with Gasteiger partial charge in [0.05, 0.1) is 13.7 Å². The normalized spacial score (nSPS) is 16.8. The van der Waals surface area contributed by atoms with Gasteiger partial charge in [0.2, 0.25) is 0 Å². The molecule has 0 saturated carbocycles. The van der Waals surface area contributed by atoms with E-state index in [-0.39, 0.29) is 23.3 Å². The van der Waals surface area contributed by atoms with Crippen molar-refractivity contribution in [2.45, 2.75) is 45.6 Å². The van der Waals surface area contributed by atoms with Crippen LogP contribution in [-0.2, 0) is 23.7 Å². The summed E-state index contributed by atoms with van der Waals surface area (Å²) >= 11 is 0. The van der Waals surface area contributed by atoms with Gasteiger partial charge in [-0.2, -0.15) is 4.57 Å². The Hall–Kier alpha value is -1.65. The fraction of sp³-hybridized carbons (Fsp3) is 0.643. The highest BCUT2D eigenvalue weighted by Crippen LogP contribution is 2.26. The van der Waals surface area contributed by atoms with E-state index in [2.05, 4.69) is 0 Å². The Balaban J connectivity index is 2.66. The second kappa shape index (κ2) is 4.79. The van der Waals surface area contributed by atoms with E-state index >= 15 is 0 Å². The maximum Gasteiger partial charge on any atom is 0.352 e. The van der Waals surface area contributed by atoms with Crippen LogP contribution in [0.5, 0.6) is 0 Å². The highest BCUT2D eigenvalue weighted by Gasteiger charge is 2.38. The fourth-order valence-electron chi connectivity index (χ4n) is 2.77. The van der Waals surface area contributed by atoms with Gasteiger partial charge in [-0.1, -0.05) is 0 Å². The lowest BCUT2D eigenvalue weighted by Gasteiger charge is -2.29. The lowest BCUT2D eigenvalue weighted by atomic mass is 9.92. The fourth-order valence-corrected chi connectivity index (χ4v) is 2.77. The van der Waals surface area contributed by atoms with E-state index in [9.17, 15) is 9.59 Å². The molecule has 0 aliphatic carbocycles. The van der Waals surface area contributed by atoms with Gasteiger partial charge < -0.3 is 4.74 Å². The van der Waals surface area contributed by atoms with Gasteiger partial charge in [-0.3, -0.25) is 0 Å². The second-order valence-corrected chi connectivity index (χ2v) is 5.60. The van der Waals surface area contributed by atoms with Crippen molar-refractivity contribution in [1.29, 1.82) is 0 Å². The summed E-state index contributed by atoms with van der Waals surface area (Å²) in [5, 5.41) is 0. The molecule has 1 aromatic heterocycles. The van der Waals surface area contributed by atoms with Gasteiger partial charge in [0.15, 0.2) is 5.56 Å². The van der Waals surface area contributed by atoms with E-state index in [1.807, 2.05) is 25.5 Å². The largest absolute Gasteiger partial charge is 0.462 e. The molecule has 0 bridgehead atoms. The molecular formula is C14H21N2O3+. The van der Waals surface area contributed by atoms with Crippen molar-refractivity contribution in [2.24, 2.45) is 7.05 Å². The predicted octanol–water partition coefficient (Wildman–Crippen LogP) is 0.921. The average Bonchev–Trinajstić information content (AvgIpc) is 2.32. The molecule has 2 rings (SSSR count). The minimum Gasteiger partial charge on any atom is -0.462 e. The first-order valence-electron chi connectivity index (χ1n) is 6.70. The first kappa shape index (κ1) is 13.8. The molecule has 0 radical (unpaired) electrons. The van der Waals surface area contributed by atoms with Gasteiger partial charge in [0, 0.05) is 6.42 Å². The van der Waals surface area contributed by atoms with Crippen LogP contribution in [0.2, 0.25) is 0 Å². The van der Waals surface area contributed by atoms with E-state index in [4.69, 9.17) is 4.74 Å². The zero-order valence-electron chi connectivity index (χ0n) is 12.0. The molecule has 0 unspecified atom stereocenters. The van der Waals surface area contributed by atoms with E-state index in [0.29, 0.717) is 0 Å².